The lowest BCUT2D eigenvalue weighted by molar-refractivity contribution is 0.508. The molecule has 5 nitrogen and oxygen atoms in total. The number of benzene rings is 1. The van der Waals surface area contributed by atoms with Crippen molar-refractivity contribution in [3.8, 4) is 22.4 Å². The Bertz CT molecular complexity index is 1250. The minimum Gasteiger partial charge on any atom is -0.256 e. The van der Waals surface area contributed by atoms with Crippen LogP contribution in [0.15, 0.2) is 73.1 Å². The van der Waals surface area contributed by atoms with E-state index in [4.69, 9.17) is 4.98 Å². The third kappa shape index (κ3) is 4.00. The largest absolute Gasteiger partial charge is 0.256 e. The molecular formula is C24H22FN5S2. The van der Waals surface area contributed by atoms with E-state index in [1.165, 1.54) is 9.28 Å². The molecule has 0 aliphatic heterocycles. The van der Waals surface area contributed by atoms with Crippen molar-refractivity contribution in [1.29, 1.82) is 0 Å². The fraction of sp³-hybridized carbons (Fsp3) is 0.208. The number of allylic oxidation sites excluding steroid dienone is 1. The quantitative estimate of drug-likeness (QED) is 0.199. The van der Waals surface area contributed by atoms with E-state index in [0.29, 0.717) is 17.4 Å². The maximum absolute atomic E-state index is 13.4. The topological polar surface area (TPSA) is 46.3 Å². The molecule has 32 heavy (non-hydrogen) atoms. The molecule has 0 unspecified atom stereocenters. The molecule has 0 saturated heterocycles. The number of rotatable bonds is 5. The van der Waals surface area contributed by atoms with Gasteiger partial charge in [-0.05, 0) is 31.7 Å². The van der Waals surface area contributed by atoms with E-state index in [1.54, 1.807) is 10.7 Å². The summed E-state index contributed by atoms with van der Waals surface area (Å²) in [5.74, 6) is 0.835. The summed E-state index contributed by atoms with van der Waals surface area (Å²) >= 11 is 4.31. The third-order valence-electron chi connectivity index (χ3n) is 5.99. The molecule has 1 aliphatic carbocycles. The number of anilines is 1. The Kier molecular flexibility index (Phi) is 5.89. The molecule has 162 valence electrons. The highest BCUT2D eigenvalue weighted by Gasteiger charge is 2.23. The van der Waals surface area contributed by atoms with Crippen LogP contribution in [0.25, 0.3) is 28.0 Å². The van der Waals surface area contributed by atoms with Crippen molar-refractivity contribution >= 4 is 36.6 Å². The van der Waals surface area contributed by atoms with Gasteiger partial charge in [0.2, 0.25) is 0 Å². The zero-order chi connectivity index (χ0) is 22.1. The highest BCUT2D eigenvalue weighted by atomic mass is 32.2. The van der Waals surface area contributed by atoms with Gasteiger partial charge in [0.25, 0.3) is 0 Å². The molecule has 1 aliphatic rings. The second-order valence-corrected chi connectivity index (χ2v) is 9.17. The van der Waals surface area contributed by atoms with Crippen LogP contribution in [0.5, 0.6) is 0 Å². The fourth-order valence-corrected chi connectivity index (χ4v) is 4.55. The van der Waals surface area contributed by atoms with Crippen molar-refractivity contribution in [2.45, 2.75) is 31.6 Å². The standard InChI is InChI=1S/C24H22FN5S2/c1-16-7-9-18(10-8-16)22-13-23(30(31)32-25)29-24(28-22)20(15-27-29)19-11-12-21(26-14-19)17-5-3-2-4-6-17/h2-6,11-15,18,31H,1,7-10H2. The van der Waals surface area contributed by atoms with Gasteiger partial charge in [0.15, 0.2) is 23.8 Å². The predicted octanol–water partition coefficient (Wildman–Crippen LogP) is 6.86. The Hall–Kier alpha value is -2.84. The van der Waals surface area contributed by atoms with E-state index in [-0.39, 0.29) is 12.3 Å². The minimum atomic E-state index is 0.0356. The molecule has 0 atom stereocenters. The third-order valence-corrected chi connectivity index (χ3v) is 6.70. The summed E-state index contributed by atoms with van der Waals surface area (Å²) in [6, 6.07) is 15.9. The average molecular weight is 464 g/mol. The van der Waals surface area contributed by atoms with Crippen LogP contribution >= 0.6 is 25.1 Å². The first-order valence-corrected chi connectivity index (χ1v) is 11.6. The maximum Gasteiger partial charge on any atom is 0.177 e. The van der Waals surface area contributed by atoms with Crippen LogP contribution in [0.1, 0.15) is 37.3 Å². The Morgan fingerprint density at radius 3 is 2.53 bits per heavy atom. The Labute approximate surface area is 196 Å². The van der Waals surface area contributed by atoms with Crippen molar-refractivity contribution in [1.82, 2.24) is 19.6 Å². The molecule has 1 fully saturated rings. The smallest absolute Gasteiger partial charge is 0.177 e. The summed E-state index contributed by atoms with van der Waals surface area (Å²) in [5, 5.41) is 4.48. The molecule has 1 aromatic carbocycles. The van der Waals surface area contributed by atoms with Gasteiger partial charge in [-0.2, -0.15) is 9.61 Å². The second kappa shape index (κ2) is 8.96. The van der Waals surface area contributed by atoms with E-state index >= 15 is 0 Å². The van der Waals surface area contributed by atoms with E-state index in [0.717, 1.165) is 53.8 Å². The molecule has 4 aromatic rings. The Morgan fingerprint density at radius 1 is 1.06 bits per heavy atom. The summed E-state index contributed by atoms with van der Waals surface area (Å²) in [6.45, 7) is 4.11. The highest BCUT2D eigenvalue weighted by Crippen LogP contribution is 2.38. The fourth-order valence-electron chi connectivity index (χ4n) is 4.20. The van der Waals surface area contributed by atoms with Gasteiger partial charge in [0.05, 0.1) is 11.9 Å². The van der Waals surface area contributed by atoms with Crippen LogP contribution < -0.4 is 3.71 Å². The molecule has 3 aromatic heterocycles. The van der Waals surface area contributed by atoms with Crippen LogP contribution in [0.2, 0.25) is 0 Å². The molecule has 0 spiro atoms. The van der Waals surface area contributed by atoms with E-state index in [2.05, 4.69) is 29.5 Å². The van der Waals surface area contributed by atoms with Gasteiger partial charge < -0.3 is 0 Å². The first-order chi connectivity index (χ1) is 15.6. The van der Waals surface area contributed by atoms with E-state index < -0.39 is 0 Å². The first-order valence-electron chi connectivity index (χ1n) is 10.5. The summed E-state index contributed by atoms with van der Waals surface area (Å²) in [6.07, 6.45) is 7.56. The molecular weight excluding hydrogens is 441 g/mol. The van der Waals surface area contributed by atoms with Crippen molar-refractivity contribution in [2.75, 3.05) is 3.71 Å². The van der Waals surface area contributed by atoms with Gasteiger partial charge in [-0.3, -0.25) is 4.98 Å². The van der Waals surface area contributed by atoms with Crippen LogP contribution in [0.3, 0.4) is 0 Å². The molecule has 0 radical (unpaired) electrons. The van der Waals surface area contributed by atoms with Crippen molar-refractivity contribution in [3.63, 3.8) is 0 Å². The number of hydrogen-bond donors (Lipinski definition) is 1. The van der Waals surface area contributed by atoms with E-state index in [9.17, 15) is 3.89 Å². The number of nitrogens with zero attached hydrogens (tertiary/aromatic N) is 5. The molecule has 0 amide bonds. The predicted molar refractivity (Wildman–Crippen MR) is 132 cm³/mol. The van der Waals surface area contributed by atoms with Crippen LogP contribution in [-0.2, 0) is 0 Å². The monoisotopic (exact) mass is 463 g/mol. The van der Waals surface area contributed by atoms with Crippen molar-refractivity contribution in [3.05, 3.63) is 78.8 Å². The molecule has 8 heteroatoms. The highest BCUT2D eigenvalue weighted by molar-refractivity contribution is 8.08. The number of halogens is 1. The minimum absolute atomic E-state index is 0.0356. The summed E-state index contributed by atoms with van der Waals surface area (Å²) < 4.78 is 16.2. The van der Waals surface area contributed by atoms with Gasteiger partial charge in [-0.25, -0.2) is 8.69 Å². The summed E-state index contributed by atoms with van der Waals surface area (Å²) in [5.41, 5.74) is 6.61. The number of aromatic nitrogens is 4. The zero-order valence-corrected chi connectivity index (χ0v) is 19.1. The van der Waals surface area contributed by atoms with Gasteiger partial charge in [-0.15, -0.1) is 3.89 Å². The lowest BCUT2D eigenvalue weighted by Crippen LogP contribution is -2.12. The van der Waals surface area contributed by atoms with Crippen molar-refractivity contribution < 1.29 is 3.89 Å². The Morgan fingerprint density at radius 2 is 1.84 bits per heavy atom. The number of pyridine rings is 1. The lowest BCUT2D eigenvalue weighted by atomic mass is 9.84. The summed E-state index contributed by atoms with van der Waals surface area (Å²) in [7, 11) is 0. The molecule has 3 heterocycles. The van der Waals surface area contributed by atoms with Crippen LogP contribution in [0.4, 0.5) is 9.70 Å². The lowest BCUT2D eigenvalue weighted by Gasteiger charge is -2.24. The maximum atomic E-state index is 13.4. The van der Waals surface area contributed by atoms with Crippen LogP contribution in [-0.4, -0.2) is 19.6 Å². The zero-order valence-electron chi connectivity index (χ0n) is 17.4. The van der Waals surface area contributed by atoms with Gasteiger partial charge in [0.1, 0.15) is 0 Å². The average Bonchev–Trinajstić information content (AvgIpc) is 3.28. The molecule has 0 bridgehead atoms. The SMILES string of the molecule is C=C1CCC(c2cc(N(S)SF)n3ncc(-c4ccc(-c5ccccc5)nc4)c3n2)CC1. The molecule has 0 N–H and O–H groups in total. The summed E-state index contributed by atoms with van der Waals surface area (Å²) in [4.78, 5) is 9.61. The van der Waals surface area contributed by atoms with Gasteiger partial charge in [-0.1, -0.05) is 61.4 Å². The van der Waals surface area contributed by atoms with Crippen molar-refractivity contribution in [2.24, 2.45) is 0 Å². The second-order valence-electron chi connectivity index (χ2n) is 8.00. The van der Waals surface area contributed by atoms with E-state index in [1.807, 2.05) is 54.7 Å². The number of hydrogen-bond acceptors (Lipinski definition) is 6. The number of thiol groups is 1. The Balaban J connectivity index is 1.58. The first kappa shape index (κ1) is 21.0. The molecule has 1 saturated carbocycles. The van der Waals surface area contributed by atoms with Crippen LogP contribution in [0, 0.1) is 0 Å². The normalized spacial score (nSPS) is 14.8. The van der Waals surface area contributed by atoms with Gasteiger partial charge in [0, 0.05) is 40.6 Å². The number of fused-ring (bicyclic) bond motifs is 1. The molecule has 5 rings (SSSR count). The van der Waals surface area contributed by atoms with Gasteiger partial charge >= 0.3 is 0 Å².